The number of halogens is 2. The molecule has 0 N–H and O–H groups in total. The molecule has 0 saturated carbocycles. The monoisotopic (exact) mass is 403 g/mol. The molecule has 11 heteroatoms. The smallest absolute Gasteiger partial charge is 0.415 e. The van der Waals surface area contributed by atoms with E-state index in [2.05, 4.69) is 14.9 Å². The fourth-order valence-corrected chi connectivity index (χ4v) is 3.80. The number of benzene rings is 1. The van der Waals surface area contributed by atoms with Gasteiger partial charge in [0.05, 0.1) is 18.8 Å². The van der Waals surface area contributed by atoms with E-state index in [-0.39, 0.29) is 17.7 Å². The van der Waals surface area contributed by atoms with E-state index in [1.165, 1.54) is 12.3 Å². The van der Waals surface area contributed by atoms with Gasteiger partial charge in [-0.2, -0.15) is 0 Å². The first-order valence-corrected chi connectivity index (χ1v) is 8.87. The van der Waals surface area contributed by atoms with E-state index in [0.717, 1.165) is 17.8 Å². The summed E-state index contributed by atoms with van der Waals surface area (Å²) in [6.07, 6.45) is 1.37. The highest BCUT2D eigenvalue weighted by Crippen LogP contribution is 2.34. The minimum absolute atomic E-state index is 0.230. The van der Waals surface area contributed by atoms with Crippen molar-refractivity contribution in [3.63, 3.8) is 0 Å². The Bertz CT molecular complexity index is 1090. The van der Waals surface area contributed by atoms with Gasteiger partial charge in [-0.1, -0.05) is 0 Å². The second kappa shape index (κ2) is 6.08. The molecule has 0 radical (unpaired) electrons. The number of hydrogen-bond donors (Lipinski definition) is 0. The van der Waals surface area contributed by atoms with Crippen LogP contribution in [-0.2, 0) is 19.6 Å². The Balaban J connectivity index is 1.27. The van der Waals surface area contributed by atoms with Crippen molar-refractivity contribution >= 4 is 5.82 Å². The lowest BCUT2D eigenvalue weighted by Crippen LogP contribution is -2.43. The molecule has 150 valence electrons. The van der Waals surface area contributed by atoms with Crippen LogP contribution >= 0.6 is 0 Å². The highest BCUT2D eigenvalue weighted by molar-refractivity contribution is 5.54. The number of nitrogens with zero attached hydrogens (tertiary/aromatic N) is 5. The molecule has 2 aromatic heterocycles. The molecule has 29 heavy (non-hydrogen) atoms. The largest absolute Gasteiger partial charge is 0.439 e. The van der Waals surface area contributed by atoms with E-state index in [0.29, 0.717) is 37.5 Å². The van der Waals surface area contributed by atoms with E-state index in [1.807, 2.05) is 6.92 Å². The molecule has 0 aliphatic carbocycles. The van der Waals surface area contributed by atoms with Crippen LogP contribution in [0, 0.1) is 21.7 Å². The number of rotatable bonds is 4. The van der Waals surface area contributed by atoms with Crippen LogP contribution in [-0.4, -0.2) is 36.5 Å². The fraction of sp³-hybridized carbons (Fsp3) is 0.333. The predicted octanol–water partition coefficient (Wildman–Crippen LogP) is 2.89. The maximum Gasteiger partial charge on any atom is 0.415 e. The van der Waals surface area contributed by atoms with Gasteiger partial charge >= 0.3 is 11.8 Å². The van der Waals surface area contributed by atoms with E-state index in [1.54, 1.807) is 4.57 Å². The van der Waals surface area contributed by atoms with Crippen molar-refractivity contribution in [3.05, 3.63) is 57.6 Å². The van der Waals surface area contributed by atoms with E-state index < -0.39 is 22.2 Å². The van der Waals surface area contributed by atoms with Gasteiger partial charge in [-0.3, -0.25) is 9.47 Å². The van der Waals surface area contributed by atoms with Crippen LogP contribution in [0.2, 0.25) is 0 Å². The molecule has 4 heterocycles. The zero-order valence-electron chi connectivity index (χ0n) is 15.3. The fourth-order valence-electron chi connectivity index (χ4n) is 3.80. The van der Waals surface area contributed by atoms with Gasteiger partial charge < -0.3 is 19.3 Å². The topological polar surface area (TPSA) is 99.5 Å². The van der Waals surface area contributed by atoms with Crippen molar-refractivity contribution in [1.29, 1.82) is 0 Å². The Labute approximate surface area is 162 Å². The molecule has 0 spiro atoms. The molecular formula is C18H15F2N5O4. The zero-order chi connectivity index (χ0) is 20.3. The molecule has 0 bridgehead atoms. The lowest BCUT2D eigenvalue weighted by molar-refractivity contribution is -0.389. The minimum Gasteiger partial charge on any atom is -0.439 e. The first kappa shape index (κ1) is 17.7. The second-order valence-corrected chi connectivity index (χ2v) is 7.48. The highest BCUT2D eigenvalue weighted by Gasteiger charge is 2.42. The summed E-state index contributed by atoms with van der Waals surface area (Å²) < 4.78 is 39.8. The van der Waals surface area contributed by atoms with Crippen LogP contribution in [0.3, 0.4) is 0 Å². The lowest BCUT2D eigenvalue weighted by atomic mass is 10.1. The summed E-state index contributed by atoms with van der Waals surface area (Å²) in [5.74, 6) is -1.19. The summed E-state index contributed by atoms with van der Waals surface area (Å²) >= 11 is 0. The number of aromatic nitrogens is 3. The van der Waals surface area contributed by atoms with Crippen LogP contribution in [0.15, 0.2) is 28.8 Å². The number of fused-ring (bicyclic) bond motifs is 2. The van der Waals surface area contributed by atoms with Crippen molar-refractivity contribution in [2.75, 3.05) is 6.54 Å². The molecule has 5 rings (SSSR count). The summed E-state index contributed by atoms with van der Waals surface area (Å²) in [6, 6.07) is 3.75. The summed E-state index contributed by atoms with van der Waals surface area (Å²) in [5.41, 5.74) is 0.520. The van der Waals surface area contributed by atoms with Crippen LogP contribution in [0.4, 0.5) is 14.6 Å². The molecule has 0 amide bonds. The second-order valence-electron chi connectivity index (χ2n) is 7.48. The first-order valence-electron chi connectivity index (χ1n) is 8.87. The van der Waals surface area contributed by atoms with Crippen molar-refractivity contribution in [1.82, 2.24) is 19.4 Å². The number of hydrogen-bond acceptors (Lipinski definition) is 7. The standard InChI is InChI=1S/C18H15F2N5O4/c1-18(9-24-7-15(25(26)27)22-17(24)29-18)8-23-5-13-14(6-23)28-16(21-13)10-2-3-11(19)12(20)4-10/h2-4,7H,5-6,8-9H2,1H3/t18-/m0/s1. The van der Waals surface area contributed by atoms with Gasteiger partial charge in [-0.15, -0.1) is 0 Å². The van der Waals surface area contributed by atoms with Crippen molar-refractivity contribution < 1.29 is 22.9 Å². The van der Waals surface area contributed by atoms with Crippen LogP contribution < -0.4 is 4.74 Å². The maximum absolute atomic E-state index is 13.4. The molecule has 1 aromatic carbocycles. The van der Waals surface area contributed by atoms with E-state index >= 15 is 0 Å². The minimum atomic E-state index is -0.952. The van der Waals surface area contributed by atoms with Gasteiger partial charge in [-0.25, -0.2) is 13.8 Å². The summed E-state index contributed by atoms with van der Waals surface area (Å²) in [6.45, 7) is 3.90. The predicted molar refractivity (Wildman–Crippen MR) is 93.9 cm³/mol. The molecule has 0 fully saturated rings. The van der Waals surface area contributed by atoms with Gasteiger partial charge in [0.1, 0.15) is 17.6 Å². The Morgan fingerprint density at radius 2 is 2.10 bits per heavy atom. The van der Waals surface area contributed by atoms with Gasteiger partial charge in [0, 0.05) is 23.6 Å². The van der Waals surface area contributed by atoms with Gasteiger partial charge in [0.15, 0.2) is 11.6 Å². The SMILES string of the molecule is C[C@]1(CN2Cc3nc(-c4ccc(F)c(F)c4)oc3C2)Cn2cc([N+](=O)[O-])nc2O1. The van der Waals surface area contributed by atoms with Gasteiger partial charge in [0.25, 0.3) is 0 Å². The Morgan fingerprint density at radius 3 is 2.79 bits per heavy atom. The molecule has 3 aromatic rings. The Kier molecular flexibility index (Phi) is 3.72. The third-order valence-corrected chi connectivity index (χ3v) is 5.00. The van der Waals surface area contributed by atoms with E-state index in [4.69, 9.17) is 9.15 Å². The average Bonchev–Trinajstić information content (AvgIpc) is 3.35. The highest BCUT2D eigenvalue weighted by atomic mass is 19.2. The number of oxazole rings is 1. The zero-order valence-corrected chi connectivity index (χ0v) is 15.3. The normalized spacial score (nSPS) is 20.5. The Morgan fingerprint density at radius 1 is 1.28 bits per heavy atom. The molecule has 0 saturated heterocycles. The quantitative estimate of drug-likeness (QED) is 0.488. The van der Waals surface area contributed by atoms with Crippen molar-refractivity contribution in [2.45, 2.75) is 32.2 Å². The number of ether oxygens (including phenoxy) is 1. The molecule has 2 aliphatic heterocycles. The molecule has 9 nitrogen and oxygen atoms in total. The van der Waals surface area contributed by atoms with Crippen LogP contribution in [0.5, 0.6) is 6.01 Å². The van der Waals surface area contributed by atoms with Gasteiger partial charge in [-0.05, 0) is 30.0 Å². The van der Waals surface area contributed by atoms with Crippen molar-refractivity contribution in [2.24, 2.45) is 0 Å². The van der Waals surface area contributed by atoms with Crippen LogP contribution in [0.1, 0.15) is 18.4 Å². The number of nitro groups is 1. The van der Waals surface area contributed by atoms with E-state index in [9.17, 15) is 18.9 Å². The lowest BCUT2D eigenvalue weighted by Gasteiger charge is -2.27. The molecular weight excluding hydrogens is 388 g/mol. The molecule has 1 atom stereocenters. The summed E-state index contributed by atoms with van der Waals surface area (Å²) in [5, 5.41) is 10.8. The van der Waals surface area contributed by atoms with Gasteiger partial charge in [0.2, 0.25) is 5.89 Å². The van der Waals surface area contributed by atoms with Crippen molar-refractivity contribution in [3.8, 4) is 17.5 Å². The molecule has 0 unspecified atom stereocenters. The maximum atomic E-state index is 13.4. The number of imidazole rings is 1. The molecule has 2 aliphatic rings. The summed E-state index contributed by atoms with van der Waals surface area (Å²) in [4.78, 5) is 20.6. The average molecular weight is 403 g/mol. The Hall–Kier alpha value is -3.34. The third-order valence-electron chi connectivity index (χ3n) is 5.00. The first-order chi connectivity index (χ1) is 13.8. The van der Waals surface area contributed by atoms with Crippen LogP contribution in [0.25, 0.3) is 11.5 Å². The third kappa shape index (κ3) is 3.03. The summed E-state index contributed by atoms with van der Waals surface area (Å²) in [7, 11) is 0.